The molecule has 0 spiro atoms. The Hall–Kier alpha value is -3.45. The van der Waals surface area contributed by atoms with Crippen LogP contribution in [0.2, 0.25) is 0 Å². The molecule has 1 aromatic carbocycles. The zero-order valence-electron chi connectivity index (χ0n) is 20.5. The van der Waals surface area contributed by atoms with Crippen molar-refractivity contribution in [2.75, 3.05) is 32.8 Å². The summed E-state index contributed by atoms with van der Waals surface area (Å²) in [7, 11) is 0. The summed E-state index contributed by atoms with van der Waals surface area (Å²) in [5.74, 6) is 0.0392. The Kier molecular flexibility index (Phi) is 8.32. The minimum Gasteiger partial charge on any atom is -0.380 e. The van der Waals surface area contributed by atoms with Crippen LogP contribution in [0.4, 0.5) is 0 Å². The van der Waals surface area contributed by atoms with E-state index in [0.29, 0.717) is 38.4 Å². The van der Waals surface area contributed by atoms with E-state index < -0.39 is 0 Å². The minimum atomic E-state index is -0.118. The summed E-state index contributed by atoms with van der Waals surface area (Å²) in [4.78, 5) is 35.5. The van der Waals surface area contributed by atoms with E-state index >= 15 is 0 Å². The molecule has 35 heavy (non-hydrogen) atoms. The summed E-state index contributed by atoms with van der Waals surface area (Å²) < 4.78 is 5.46. The predicted octanol–water partition coefficient (Wildman–Crippen LogP) is 4.45. The van der Waals surface area contributed by atoms with Gasteiger partial charge in [-0.1, -0.05) is 25.1 Å². The predicted molar refractivity (Wildman–Crippen MR) is 138 cm³/mol. The lowest BCUT2D eigenvalue weighted by molar-refractivity contribution is -0.127. The highest BCUT2D eigenvalue weighted by molar-refractivity contribution is 5.96. The van der Waals surface area contributed by atoms with E-state index in [4.69, 9.17) is 9.72 Å². The fraction of sp³-hybridized carbons (Fsp3) is 0.393. The fourth-order valence-electron chi connectivity index (χ4n) is 4.53. The van der Waals surface area contributed by atoms with Crippen molar-refractivity contribution in [3.8, 4) is 0 Å². The third-order valence-corrected chi connectivity index (χ3v) is 6.41. The lowest BCUT2D eigenvalue weighted by Crippen LogP contribution is -2.37. The Labute approximate surface area is 206 Å². The second-order valence-electron chi connectivity index (χ2n) is 8.98. The van der Waals surface area contributed by atoms with Gasteiger partial charge in [0.05, 0.1) is 17.9 Å². The number of aromatic amines is 1. The van der Waals surface area contributed by atoms with Gasteiger partial charge in [0, 0.05) is 61.0 Å². The molecule has 0 atom stereocenters. The van der Waals surface area contributed by atoms with Gasteiger partial charge in [0.2, 0.25) is 5.91 Å². The van der Waals surface area contributed by atoms with Crippen molar-refractivity contribution in [1.29, 1.82) is 0 Å². The number of ether oxygens (including phenoxy) is 1. The lowest BCUT2D eigenvalue weighted by Gasteiger charge is -2.32. The molecule has 7 heteroatoms. The number of aryl methyl sites for hydroxylation is 1. The molecule has 2 aromatic heterocycles. The van der Waals surface area contributed by atoms with E-state index in [1.807, 2.05) is 60.5 Å². The van der Waals surface area contributed by atoms with Crippen LogP contribution >= 0.6 is 0 Å². The first-order valence-corrected chi connectivity index (χ1v) is 12.4. The van der Waals surface area contributed by atoms with Crippen LogP contribution in [-0.2, 0) is 9.53 Å². The molecule has 1 aliphatic heterocycles. The van der Waals surface area contributed by atoms with Gasteiger partial charge < -0.3 is 19.9 Å². The quantitative estimate of drug-likeness (QED) is 0.354. The molecule has 0 aliphatic carbocycles. The van der Waals surface area contributed by atoms with Crippen molar-refractivity contribution in [3.63, 3.8) is 0 Å². The second-order valence-corrected chi connectivity index (χ2v) is 8.98. The number of fused-ring (bicyclic) bond motifs is 1. The summed E-state index contributed by atoms with van der Waals surface area (Å²) in [5, 5.41) is 4.05. The highest BCUT2D eigenvalue weighted by Gasteiger charge is 2.27. The molecule has 3 aromatic rings. The highest BCUT2D eigenvalue weighted by atomic mass is 16.5. The van der Waals surface area contributed by atoms with Crippen molar-refractivity contribution in [2.45, 2.75) is 39.0 Å². The number of nitrogens with zero attached hydrogens (tertiary/aromatic N) is 2. The molecule has 7 nitrogen and oxygen atoms in total. The molecule has 184 valence electrons. The largest absolute Gasteiger partial charge is 0.380 e. The number of aromatic nitrogens is 2. The molecule has 0 unspecified atom stereocenters. The Morgan fingerprint density at radius 2 is 1.97 bits per heavy atom. The Morgan fingerprint density at radius 3 is 2.77 bits per heavy atom. The second kappa shape index (κ2) is 11.8. The number of pyridine rings is 1. The van der Waals surface area contributed by atoms with Gasteiger partial charge in [-0.15, -0.1) is 0 Å². The standard InChI is InChI=1S/C28H34N4O3/c1-3-17-35-18-14-29-28(34)24-10-8-20(2)31-27(24)21-12-15-32(16-13-21)26(33)11-9-22-19-30-25-7-5-4-6-23(22)25/h4-11,19,21,30H,3,12-18H2,1-2H3,(H,29,34). The van der Waals surface area contributed by atoms with Crippen LogP contribution in [0.3, 0.4) is 0 Å². The van der Waals surface area contributed by atoms with Crippen molar-refractivity contribution < 1.29 is 14.3 Å². The zero-order valence-corrected chi connectivity index (χ0v) is 20.5. The maximum absolute atomic E-state index is 12.8. The number of rotatable bonds is 9. The minimum absolute atomic E-state index is 0.0102. The van der Waals surface area contributed by atoms with Crippen molar-refractivity contribution in [1.82, 2.24) is 20.2 Å². The number of hydrogen-bond acceptors (Lipinski definition) is 4. The normalized spacial score (nSPS) is 14.6. The molecule has 0 saturated carbocycles. The third-order valence-electron chi connectivity index (χ3n) is 6.41. The van der Waals surface area contributed by atoms with Gasteiger partial charge in [0.15, 0.2) is 0 Å². The molecule has 1 fully saturated rings. The number of H-pyrrole nitrogens is 1. The molecule has 2 N–H and O–H groups in total. The van der Waals surface area contributed by atoms with E-state index in [9.17, 15) is 9.59 Å². The van der Waals surface area contributed by atoms with E-state index in [0.717, 1.165) is 47.1 Å². The van der Waals surface area contributed by atoms with Crippen molar-refractivity contribution in [2.24, 2.45) is 0 Å². The average Bonchev–Trinajstić information content (AvgIpc) is 3.30. The fourth-order valence-corrected chi connectivity index (χ4v) is 4.53. The number of para-hydroxylation sites is 1. The summed E-state index contributed by atoms with van der Waals surface area (Å²) in [5.41, 5.74) is 4.40. The van der Waals surface area contributed by atoms with Gasteiger partial charge in [-0.3, -0.25) is 14.6 Å². The van der Waals surface area contributed by atoms with Gasteiger partial charge in [0.1, 0.15) is 0 Å². The van der Waals surface area contributed by atoms with E-state index in [2.05, 4.69) is 17.2 Å². The van der Waals surface area contributed by atoms with Crippen LogP contribution in [0.25, 0.3) is 17.0 Å². The number of nitrogens with one attached hydrogen (secondary N) is 2. The molecular weight excluding hydrogens is 440 g/mol. The lowest BCUT2D eigenvalue weighted by atomic mass is 9.89. The van der Waals surface area contributed by atoms with Crippen molar-refractivity contribution in [3.05, 3.63) is 71.2 Å². The van der Waals surface area contributed by atoms with Gasteiger partial charge in [0.25, 0.3) is 5.91 Å². The number of carbonyl (C=O) groups excluding carboxylic acids is 2. The number of amides is 2. The Balaban J connectivity index is 1.36. The van der Waals surface area contributed by atoms with Crippen LogP contribution in [0.5, 0.6) is 0 Å². The zero-order chi connectivity index (χ0) is 24.6. The smallest absolute Gasteiger partial charge is 0.253 e. The summed E-state index contributed by atoms with van der Waals surface area (Å²) in [6.45, 7) is 6.95. The monoisotopic (exact) mass is 474 g/mol. The maximum atomic E-state index is 12.8. The average molecular weight is 475 g/mol. The first-order valence-electron chi connectivity index (χ1n) is 12.4. The SMILES string of the molecule is CCCOCCNC(=O)c1ccc(C)nc1C1CCN(C(=O)C=Cc2c[nH]c3ccccc23)CC1. The van der Waals surface area contributed by atoms with Crippen LogP contribution in [0.15, 0.2) is 48.7 Å². The first-order chi connectivity index (χ1) is 17.1. The van der Waals surface area contributed by atoms with Crippen LogP contribution in [0.1, 0.15) is 59.4 Å². The molecule has 0 radical (unpaired) electrons. The van der Waals surface area contributed by atoms with Gasteiger partial charge in [-0.25, -0.2) is 0 Å². The third kappa shape index (κ3) is 6.17. The number of carbonyl (C=O) groups is 2. The Bertz CT molecular complexity index is 1190. The van der Waals surface area contributed by atoms with E-state index in [-0.39, 0.29) is 17.7 Å². The topological polar surface area (TPSA) is 87.3 Å². The maximum Gasteiger partial charge on any atom is 0.253 e. The summed E-state index contributed by atoms with van der Waals surface area (Å²) in [6.07, 6.45) is 7.97. The summed E-state index contributed by atoms with van der Waals surface area (Å²) in [6, 6.07) is 11.8. The van der Waals surface area contributed by atoms with Crippen LogP contribution in [0, 0.1) is 6.92 Å². The Morgan fingerprint density at radius 1 is 1.17 bits per heavy atom. The summed E-state index contributed by atoms with van der Waals surface area (Å²) >= 11 is 0. The van der Waals surface area contributed by atoms with Crippen LogP contribution in [-0.4, -0.2) is 59.5 Å². The van der Waals surface area contributed by atoms with Gasteiger partial charge >= 0.3 is 0 Å². The molecule has 3 heterocycles. The molecule has 1 aliphatic rings. The van der Waals surface area contributed by atoms with E-state index in [1.165, 1.54) is 0 Å². The highest BCUT2D eigenvalue weighted by Crippen LogP contribution is 2.30. The molecule has 0 bridgehead atoms. The molecular formula is C28H34N4O3. The number of hydrogen-bond donors (Lipinski definition) is 2. The van der Waals surface area contributed by atoms with Gasteiger partial charge in [-0.05, 0) is 56.0 Å². The van der Waals surface area contributed by atoms with E-state index in [1.54, 1.807) is 6.08 Å². The number of benzene rings is 1. The molecule has 4 rings (SSSR count). The number of piperidine rings is 1. The van der Waals surface area contributed by atoms with Crippen molar-refractivity contribution >= 4 is 28.8 Å². The van der Waals surface area contributed by atoms with Gasteiger partial charge in [-0.2, -0.15) is 0 Å². The first kappa shape index (κ1) is 24.7. The molecule has 2 amide bonds. The number of likely N-dealkylation sites (tertiary alicyclic amines) is 1. The molecule has 1 saturated heterocycles. The van der Waals surface area contributed by atoms with Crippen LogP contribution < -0.4 is 5.32 Å².